The van der Waals surface area contributed by atoms with Gasteiger partial charge in [-0.05, 0) is 91.8 Å². The molecule has 5 aromatic rings. The zero-order valence-electron chi connectivity index (χ0n) is 23.4. The average molecular weight is 541 g/mol. The molecule has 2 nitrogen and oxygen atoms in total. The smallest absolute Gasteiger partial charge is 0.399 e. The molecule has 1 fully saturated rings. The van der Waals surface area contributed by atoms with Crippen molar-refractivity contribution in [2.45, 2.75) is 58.5 Å². The van der Waals surface area contributed by atoms with E-state index in [2.05, 4.69) is 155 Å². The highest BCUT2D eigenvalue weighted by Gasteiger charge is 2.52. The fourth-order valence-corrected chi connectivity index (χ4v) is 10.3. The van der Waals surface area contributed by atoms with Crippen LogP contribution in [0.15, 0.2) is 147 Å². The second kappa shape index (κ2) is 9.24. The number of fused-ring (bicyclic) bond motifs is 3. The third kappa shape index (κ3) is 3.67. The van der Waals surface area contributed by atoms with Gasteiger partial charge in [0, 0.05) is 19.6 Å². The second-order valence-electron chi connectivity index (χ2n) is 11.6. The molecule has 0 atom stereocenters. The van der Waals surface area contributed by atoms with Crippen molar-refractivity contribution in [2.24, 2.45) is 0 Å². The number of benzene rings is 5. The Morgan fingerprint density at radius 2 is 1.00 bits per heavy atom. The van der Waals surface area contributed by atoms with Gasteiger partial charge in [-0.15, -0.1) is 10.0 Å². The van der Waals surface area contributed by atoms with Crippen molar-refractivity contribution >= 4 is 22.6 Å². The van der Waals surface area contributed by atoms with Crippen LogP contribution in [0.5, 0.6) is 0 Å². The molecule has 5 aromatic carbocycles. The van der Waals surface area contributed by atoms with Gasteiger partial charge in [-0.1, -0.05) is 91.0 Å². The van der Waals surface area contributed by atoms with E-state index in [4.69, 9.17) is 9.31 Å². The fourth-order valence-electron chi connectivity index (χ4n) is 6.07. The summed E-state index contributed by atoms with van der Waals surface area (Å²) >= 11 is 0. The van der Waals surface area contributed by atoms with Crippen molar-refractivity contribution in [3.63, 3.8) is 0 Å². The molecule has 4 heteroatoms. The Labute approximate surface area is 239 Å². The Morgan fingerprint density at radius 1 is 0.500 bits per heavy atom. The molecular weight excluding hydrogens is 507 g/mol. The predicted octanol–water partition coefficient (Wildman–Crippen LogP) is 8.97. The highest BCUT2D eigenvalue weighted by atomic mass is 32.3. The molecule has 0 unspecified atom stereocenters. The van der Waals surface area contributed by atoms with Gasteiger partial charge in [0.25, 0.3) is 0 Å². The monoisotopic (exact) mass is 540 g/mol. The first kappa shape index (κ1) is 25.4. The lowest BCUT2D eigenvalue weighted by Gasteiger charge is -2.39. The summed E-state index contributed by atoms with van der Waals surface area (Å²) in [7, 11) is -2.12. The molecule has 198 valence electrons. The van der Waals surface area contributed by atoms with Crippen molar-refractivity contribution in [2.75, 3.05) is 0 Å². The molecule has 0 amide bonds. The summed E-state index contributed by atoms with van der Waals surface area (Å²) < 4.78 is 13.0. The molecule has 0 radical (unpaired) electrons. The molecule has 2 aliphatic rings. The minimum atomic E-state index is -1.70. The summed E-state index contributed by atoms with van der Waals surface area (Å²) in [6, 6.07) is 46.7. The summed E-state index contributed by atoms with van der Waals surface area (Å²) in [6.07, 6.45) is 0. The summed E-state index contributed by atoms with van der Waals surface area (Å²) in [5.74, 6) is 0. The van der Waals surface area contributed by atoms with E-state index in [9.17, 15) is 0 Å². The first-order valence-corrected chi connectivity index (χ1v) is 15.6. The van der Waals surface area contributed by atoms with Crippen LogP contribution in [0.1, 0.15) is 27.7 Å². The lowest BCUT2D eigenvalue weighted by atomic mass is 9.74. The molecule has 7 rings (SSSR count). The zero-order chi connectivity index (χ0) is 27.5. The van der Waals surface area contributed by atoms with Gasteiger partial charge in [-0.2, -0.15) is 0 Å². The highest BCUT2D eigenvalue weighted by Crippen LogP contribution is 2.80. The van der Waals surface area contributed by atoms with Crippen LogP contribution in [0.25, 0.3) is 22.3 Å². The van der Waals surface area contributed by atoms with Crippen LogP contribution >= 0.6 is 10.0 Å². The maximum absolute atomic E-state index is 6.52. The van der Waals surface area contributed by atoms with Crippen LogP contribution in [0.2, 0.25) is 0 Å². The van der Waals surface area contributed by atoms with E-state index < -0.39 is 28.3 Å². The molecule has 1 saturated heterocycles. The third-order valence-corrected chi connectivity index (χ3v) is 12.8. The molecule has 40 heavy (non-hydrogen) atoms. The molecule has 0 saturated carbocycles. The van der Waals surface area contributed by atoms with Crippen molar-refractivity contribution in [3.05, 3.63) is 127 Å². The Kier molecular flexibility index (Phi) is 5.87. The minimum absolute atomic E-state index is 0.399. The quantitative estimate of drug-likeness (QED) is 0.208. The van der Waals surface area contributed by atoms with Crippen LogP contribution in [0.4, 0.5) is 0 Å². The zero-order valence-corrected chi connectivity index (χ0v) is 24.2. The Balaban J connectivity index is 1.48. The van der Waals surface area contributed by atoms with Gasteiger partial charge in [-0.25, -0.2) is 0 Å². The van der Waals surface area contributed by atoms with E-state index >= 15 is 0 Å². The molecule has 0 aromatic heterocycles. The summed E-state index contributed by atoms with van der Waals surface area (Å²) in [5.41, 5.74) is 5.24. The Hall–Kier alpha value is -3.57. The third-order valence-electron chi connectivity index (χ3n) is 8.79. The normalized spacial score (nSPS) is 18.6. The van der Waals surface area contributed by atoms with Gasteiger partial charge >= 0.3 is 7.12 Å². The van der Waals surface area contributed by atoms with E-state index in [0.717, 1.165) is 11.0 Å². The summed E-state index contributed by atoms with van der Waals surface area (Å²) in [5, 5.41) is 0. The van der Waals surface area contributed by atoms with Crippen molar-refractivity contribution < 1.29 is 9.31 Å². The van der Waals surface area contributed by atoms with Crippen LogP contribution in [-0.2, 0) is 9.31 Å². The van der Waals surface area contributed by atoms with Gasteiger partial charge < -0.3 is 9.31 Å². The maximum Gasteiger partial charge on any atom is 0.495 e. The first-order chi connectivity index (χ1) is 19.3. The number of hydrogen-bond donors (Lipinski definition) is 0. The average Bonchev–Trinajstić information content (AvgIpc) is 3.40. The van der Waals surface area contributed by atoms with E-state index in [1.165, 1.54) is 36.3 Å². The van der Waals surface area contributed by atoms with E-state index in [0.29, 0.717) is 0 Å². The molecule has 0 N–H and O–H groups in total. The highest BCUT2D eigenvalue weighted by molar-refractivity contribution is 8.34. The van der Waals surface area contributed by atoms with Gasteiger partial charge in [0.05, 0.1) is 11.2 Å². The topological polar surface area (TPSA) is 18.5 Å². The standard InChI is InChI=1S/C36H33BO2S/c1-35(2)36(3,4)39-37(38-35)32-21-13-11-19-29(32)26-23-24-31-30-20-12-14-22-33(30)40(34(31)25-26,27-15-7-5-8-16-27)28-17-9-6-10-18-28/h5-25H,1-4H3. The van der Waals surface area contributed by atoms with E-state index in [1.54, 1.807) is 0 Å². The second-order valence-corrected chi connectivity index (χ2v) is 14.7. The van der Waals surface area contributed by atoms with Crippen LogP contribution in [-0.4, -0.2) is 18.3 Å². The number of hydrogen-bond acceptors (Lipinski definition) is 2. The predicted molar refractivity (Wildman–Crippen MR) is 167 cm³/mol. The summed E-state index contributed by atoms with van der Waals surface area (Å²) in [4.78, 5) is 5.48. The van der Waals surface area contributed by atoms with Crippen LogP contribution in [0, 0.1) is 0 Å². The van der Waals surface area contributed by atoms with Gasteiger partial charge in [-0.3, -0.25) is 0 Å². The van der Waals surface area contributed by atoms with Crippen LogP contribution in [0.3, 0.4) is 0 Å². The van der Waals surface area contributed by atoms with Gasteiger partial charge in [0.2, 0.25) is 0 Å². The molecule has 2 aliphatic heterocycles. The van der Waals surface area contributed by atoms with E-state index in [-0.39, 0.29) is 0 Å². The summed E-state index contributed by atoms with van der Waals surface area (Å²) in [6.45, 7) is 8.44. The Morgan fingerprint density at radius 3 is 1.62 bits per heavy atom. The van der Waals surface area contributed by atoms with Gasteiger partial charge in [0.1, 0.15) is 0 Å². The SMILES string of the molecule is CC1(C)OB(c2ccccc2-c2ccc3c(c2)S(c2ccccc2)(c2ccccc2)c2ccccc2-3)OC1(C)C. The van der Waals surface area contributed by atoms with Crippen molar-refractivity contribution in [1.82, 2.24) is 0 Å². The first-order valence-electron chi connectivity index (χ1n) is 13.9. The van der Waals surface area contributed by atoms with E-state index in [1.807, 2.05) is 0 Å². The molecule has 2 heterocycles. The molecule has 0 aliphatic carbocycles. The Bertz CT molecular complexity index is 1660. The number of rotatable bonds is 4. The largest absolute Gasteiger partial charge is 0.495 e. The molecule has 0 spiro atoms. The minimum Gasteiger partial charge on any atom is -0.399 e. The fraction of sp³-hybridized carbons (Fsp3) is 0.167. The molecular formula is C36H33BO2S. The maximum atomic E-state index is 6.52. The lowest BCUT2D eigenvalue weighted by Crippen LogP contribution is -2.41. The van der Waals surface area contributed by atoms with Crippen molar-refractivity contribution in [3.8, 4) is 22.3 Å². The van der Waals surface area contributed by atoms with Crippen LogP contribution < -0.4 is 5.46 Å². The van der Waals surface area contributed by atoms with Crippen molar-refractivity contribution in [1.29, 1.82) is 0 Å². The lowest BCUT2D eigenvalue weighted by molar-refractivity contribution is 0.00578. The molecule has 0 bridgehead atoms. The van der Waals surface area contributed by atoms with Gasteiger partial charge in [0.15, 0.2) is 0 Å².